The van der Waals surface area contributed by atoms with Crippen molar-refractivity contribution in [3.05, 3.63) is 0 Å². The summed E-state index contributed by atoms with van der Waals surface area (Å²) in [7, 11) is 4.84. The highest BCUT2D eigenvalue weighted by atomic mass is 32.1. The molecule has 0 fully saturated rings. The van der Waals surface area contributed by atoms with E-state index < -0.39 is 5.97 Å². The minimum atomic E-state index is -0.906. The molecule has 0 aromatic carbocycles. The third-order valence-electron chi connectivity index (χ3n) is 3.45. The van der Waals surface area contributed by atoms with Gasteiger partial charge in [0.05, 0.1) is 0 Å². The van der Waals surface area contributed by atoms with Gasteiger partial charge in [-0.3, -0.25) is 0 Å². The van der Waals surface area contributed by atoms with Crippen LogP contribution >= 0.6 is 12.6 Å². The van der Waals surface area contributed by atoms with E-state index in [9.17, 15) is 0 Å². The van der Waals surface area contributed by atoms with Gasteiger partial charge in [0, 0.05) is 27.8 Å². The molecule has 1 atom stereocenters. The summed E-state index contributed by atoms with van der Waals surface area (Å²) in [6.45, 7) is 2.24. The molecule has 110 valence electrons. The largest absolute Gasteiger partial charge is 0.331 e. The van der Waals surface area contributed by atoms with Crippen molar-refractivity contribution in [3.63, 3.8) is 0 Å². The van der Waals surface area contributed by atoms with Crippen molar-refractivity contribution in [2.45, 2.75) is 57.8 Å². The fraction of sp³-hybridized carbons (Fsp3) is 1.00. The Labute approximate surface area is 118 Å². The Kier molecular flexibility index (Phi) is 11.2. The van der Waals surface area contributed by atoms with Crippen LogP contribution in [-0.4, -0.2) is 33.1 Å². The lowest BCUT2D eigenvalue weighted by atomic mass is 9.97. The molecule has 1 unspecified atom stereocenters. The van der Waals surface area contributed by atoms with Crippen molar-refractivity contribution in [1.29, 1.82) is 0 Å². The lowest BCUT2D eigenvalue weighted by Gasteiger charge is -2.31. The molecule has 0 rings (SSSR count). The molecule has 4 heteroatoms. The summed E-state index contributed by atoms with van der Waals surface area (Å²) < 4.78 is 16.0. The molecule has 0 amide bonds. The molecule has 0 aromatic heterocycles. The van der Waals surface area contributed by atoms with Crippen molar-refractivity contribution in [2.75, 3.05) is 27.1 Å². The third-order valence-corrected chi connectivity index (χ3v) is 3.96. The Bertz CT molecular complexity index is 176. The molecule has 0 N–H and O–H groups in total. The lowest BCUT2D eigenvalue weighted by molar-refractivity contribution is -0.358. The van der Waals surface area contributed by atoms with E-state index in [2.05, 4.69) is 19.6 Å². The van der Waals surface area contributed by atoms with Crippen LogP contribution in [0.1, 0.15) is 51.9 Å². The predicted molar refractivity (Wildman–Crippen MR) is 79.1 cm³/mol. The van der Waals surface area contributed by atoms with Crippen LogP contribution < -0.4 is 0 Å². The van der Waals surface area contributed by atoms with Crippen molar-refractivity contribution in [2.24, 2.45) is 5.92 Å². The van der Waals surface area contributed by atoms with Crippen molar-refractivity contribution in [1.82, 2.24) is 0 Å². The zero-order valence-electron chi connectivity index (χ0n) is 12.4. The van der Waals surface area contributed by atoms with Crippen LogP contribution in [0.3, 0.4) is 0 Å². The number of ether oxygens (including phenoxy) is 3. The fourth-order valence-electron chi connectivity index (χ4n) is 2.15. The Morgan fingerprint density at radius 2 is 1.50 bits per heavy atom. The van der Waals surface area contributed by atoms with E-state index in [1.807, 2.05) is 0 Å². The molecule has 0 aromatic rings. The van der Waals surface area contributed by atoms with Crippen LogP contribution in [0.15, 0.2) is 0 Å². The molecule has 0 aliphatic heterocycles. The average Bonchev–Trinajstić information content (AvgIpc) is 2.43. The molecule has 0 saturated heterocycles. The Morgan fingerprint density at radius 3 is 1.94 bits per heavy atom. The second kappa shape index (κ2) is 11.1. The van der Waals surface area contributed by atoms with Gasteiger partial charge in [-0.15, -0.1) is 0 Å². The van der Waals surface area contributed by atoms with Gasteiger partial charge in [-0.1, -0.05) is 39.0 Å². The predicted octanol–water partition coefficient (Wildman–Crippen LogP) is 3.88. The molecule has 0 radical (unpaired) electrons. The summed E-state index contributed by atoms with van der Waals surface area (Å²) in [5.74, 6) is 0.400. The molecule has 0 bridgehead atoms. The normalized spacial score (nSPS) is 13.8. The molecule has 3 nitrogen and oxygen atoms in total. The third kappa shape index (κ3) is 6.98. The fourth-order valence-corrected chi connectivity index (χ4v) is 2.46. The number of methoxy groups -OCH3 is 3. The number of hydrogen-bond acceptors (Lipinski definition) is 4. The van der Waals surface area contributed by atoms with Gasteiger partial charge in [0.25, 0.3) is 5.97 Å². The zero-order valence-corrected chi connectivity index (χ0v) is 13.3. The first-order chi connectivity index (χ1) is 8.67. The average molecular weight is 278 g/mol. The second-order valence-corrected chi connectivity index (χ2v) is 5.12. The van der Waals surface area contributed by atoms with Crippen LogP contribution in [0.4, 0.5) is 0 Å². The van der Waals surface area contributed by atoms with Gasteiger partial charge in [-0.2, -0.15) is 12.6 Å². The highest BCUT2D eigenvalue weighted by molar-refractivity contribution is 7.80. The van der Waals surface area contributed by atoms with E-state index in [1.54, 1.807) is 21.3 Å². The van der Waals surface area contributed by atoms with Gasteiger partial charge in [-0.05, 0) is 18.1 Å². The number of hydrogen-bond donors (Lipinski definition) is 1. The molecule has 0 saturated carbocycles. The van der Waals surface area contributed by atoms with Crippen molar-refractivity contribution >= 4 is 12.6 Å². The second-order valence-electron chi connectivity index (χ2n) is 4.75. The van der Waals surface area contributed by atoms with Crippen molar-refractivity contribution in [3.8, 4) is 0 Å². The maximum absolute atomic E-state index is 5.34. The first kappa shape index (κ1) is 18.2. The van der Waals surface area contributed by atoms with Crippen LogP contribution in [0.5, 0.6) is 0 Å². The van der Waals surface area contributed by atoms with E-state index in [-0.39, 0.29) is 0 Å². The topological polar surface area (TPSA) is 27.7 Å². The smallest absolute Gasteiger partial charge is 0.282 e. The van der Waals surface area contributed by atoms with Crippen LogP contribution in [0.25, 0.3) is 0 Å². The van der Waals surface area contributed by atoms with Crippen LogP contribution in [0, 0.1) is 5.92 Å². The van der Waals surface area contributed by atoms with Gasteiger partial charge in [-0.25, -0.2) is 0 Å². The summed E-state index contributed by atoms with van der Waals surface area (Å²) >= 11 is 4.42. The summed E-state index contributed by atoms with van der Waals surface area (Å²) in [6.07, 6.45) is 8.40. The first-order valence-electron chi connectivity index (χ1n) is 6.94. The van der Waals surface area contributed by atoms with E-state index >= 15 is 0 Å². The molecular weight excluding hydrogens is 248 g/mol. The Balaban J connectivity index is 4.00. The molecule has 0 aliphatic rings. The first-order valence-corrected chi connectivity index (χ1v) is 7.57. The molecule has 0 spiro atoms. The number of thiol groups is 1. The molecule has 0 aliphatic carbocycles. The highest BCUT2D eigenvalue weighted by Crippen LogP contribution is 2.27. The Morgan fingerprint density at radius 1 is 0.944 bits per heavy atom. The quantitative estimate of drug-likeness (QED) is 0.333. The summed E-state index contributed by atoms with van der Waals surface area (Å²) in [4.78, 5) is 0. The highest BCUT2D eigenvalue weighted by Gasteiger charge is 2.32. The minimum absolute atomic E-state index is 0.467. The van der Waals surface area contributed by atoms with E-state index in [0.717, 1.165) is 18.6 Å². The zero-order chi connectivity index (χ0) is 13.9. The molecule has 0 heterocycles. The van der Waals surface area contributed by atoms with Gasteiger partial charge in [0.1, 0.15) is 0 Å². The van der Waals surface area contributed by atoms with E-state index in [1.165, 1.54) is 32.1 Å². The minimum Gasteiger partial charge on any atom is -0.331 e. The molecule has 18 heavy (non-hydrogen) atoms. The van der Waals surface area contributed by atoms with Crippen LogP contribution in [-0.2, 0) is 14.2 Å². The molecular formula is C14H30O3S. The SMILES string of the molecule is CCCCCCCC(CS)CC(OC)(OC)OC. The van der Waals surface area contributed by atoms with Gasteiger partial charge in [0.2, 0.25) is 0 Å². The van der Waals surface area contributed by atoms with E-state index in [4.69, 9.17) is 14.2 Å². The van der Waals surface area contributed by atoms with Gasteiger partial charge in [0.15, 0.2) is 0 Å². The van der Waals surface area contributed by atoms with Crippen LogP contribution in [0.2, 0.25) is 0 Å². The van der Waals surface area contributed by atoms with Gasteiger partial charge < -0.3 is 14.2 Å². The van der Waals surface area contributed by atoms with Crippen molar-refractivity contribution < 1.29 is 14.2 Å². The number of unbranched alkanes of at least 4 members (excludes halogenated alkanes) is 4. The Hall–Kier alpha value is 0.230. The summed E-state index contributed by atoms with van der Waals surface area (Å²) in [5.41, 5.74) is 0. The van der Waals surface area contributed by atoms with Gasteiger partial charge >= 0.3 is 0 Å². The lowest BCUT2D eigenvalue weighted by Crippen LogP contribution is -2.38. The number of rotatable bonds is 12. The summed E-state index contributed by atoms with van der Waals surface area (Å²) in [5, 5.41) is 0. The maximum atomic E-state index is 5.34. The maximum Gasteiger partial charge on any atom is 0.282 e. The standard InChI is InChI=1S/C14H30O3S/c1-5-6-7-8-9-10-13(12-18)11-14(15-2,16-3)17-4/h13,18H,5-12H2,1-4H3. The van der Waals surface area contributed by atoms with E-state index in [0.29, 0.717) is 5.92 Å². The monoisotopic (exact) mass is 278 g/mol. The summed E-state index contributed by atoms with van der Waals surface area (Å²) in [6, 6.07) is 0.